The Hall–Kier alpha value is -4.41. The zero-order valence-electron chi connectivity index (χ0n) is 25.5. The van der Waals surface area contributed by atoms with Crippen LogP contribution in [0.4, 0.5) is 9.18 Å². The minimum absolute atomic E-state index is 0.0511. The highest BCUT2D eigenvalue weighted by atomic mass is 19.1. The van der Waals surface area contributed by atoms with Gasteiger partial charge in [-0.05, 0) is 75.9 Å². The molecule has 3 aliphatic heterocycles. The summed E-state index contributed by atoms with van der Waals surface area (Å²) in [4.78, 5) is 46.8. The minimum Gasteiger partial charge on any atom is -0.489 e. The zero-order chi connectivity index (χ0) is 31.2. The second-order valence-electron chi connectivity index (χ2n) is 12.4. The van der Waals surface area contributed by atoms with E-state index in [9.17, 15) is 14.4 Å². The van der Waals surface area contributed by atoms with Crippen LogP contribution in [0.5, 0.6) is 5.75 Å². The van der Waals surface area contributed by atoms with Crippen molar-refractivity contribution in [1.82, 2.24) is 19.4 Å². The lowest BCUT2D eigenvalue weighted by molar-refractivity contribution is -0.149. The van der Waals surface area contributed by atoms with Crippen molar-refractivity contribution in [3.05, 3.63) is 71.1 Å². The third kappa shape index (κ3) is 5.75. The maximum Gasteiger partial charge on any atom is 0.410 e. The zero-order valence-corrected chi connectivity index (χ0v) is 25.5. The van der Waals surface area contributed by atoms with Crippen molar-refractivity contribution in [3.63, 3.8) is 0 Å². The van der Waals surface area contributed by atoms with E-state index in [-0.39, 0.29) is 36.5 Å². The van der Waals surface area contributed by atoms with Gasteiger partial charge >= 0.3 is 12.1 Å². The number of amides is 2. The Morgan fingerprint density at radius 3 is 2.61 bits per heavy atom. The van der Waals surface area contributed by atoms with E-state index in [1.165, 1.54) is 11.0 Å². The Balaban J connectivity index is 1.18. The molecule has 11 heteroatoms. The van der Waals surface area contributed by atoms with E-state index in [2.05, 4.69) is 4.98 Å². The number of ether oxygens (including phenoxy) is 3. The van der Waals surface area contributed by atoms with Gasteiger partial charge in [-0.15, -0.1) is 0 Å². The molecule has 10 nitrogen and oxygen atoms in total. The van der Waals surface area contributed by atoms with E-state index in [1.807, 2.05) is 37.5 Å². The molecule has 4 heterocycles. The quantitative estimate of drug-likeness (QED) is 0.338. The molecule has 1 saturated heterocycles. The van der Waals surface area contributed by atoms with Gasteiger partial charge in [0.15, 0.2) is 6.04 Å². The predicted molar refractivity (Wildman–Crippen MR) is 158 cm³/mol. The molecular weight excluding hydrogens is 567 g/mol. The van der Waals surface area contributed by atoms with Crippen molar-refractivity contribution in [2.75, 3.05) is 19.7 Å². The van der Waals surface area contributed by atoms with E-state index < -0.39 is 29.3 Å². The average molecular weight is 605 g/mol. The summed E-state index contributed by atoms with van der Waals surface area (Å²) in [5.41, 5.74) is 2.56. The third-order valence-corrected chi connectivity index (χ3v) is 8.17. The first kappa shape index (κ1) is 29.7. The molecule has 1 fully saturated rings. The van der Waals surface area contributed by atoms with Gasteiger partial charge in [-0.2, -0.15) is 0 Å². The molecule has 0 N–H and O–H groups in total. The number of fused-ring (bicyclic) bond motifs is 2. The Morgan fingerprint density at radius 2 is 1.89 bits per heavy atom. The van der Waals surface area contributed by atoms with Crippen molar-refractivity contribution >= 4 is 18.0 Å². The number of aromatic nitrogens is 2. The second-order valence-corrected chi connectivity index (χ2v) is 12.4. The normalized spacial score (nSPS) is 18.3. The summed E-state index contributed by atoms with van der Waals surface area (Å²) in [6, 6.07) is 9.24. The van der Waals surface area contributed by atoms with Gasteiger partial charge in [0.05, 0.1) is 31.7 Å². The predicted octanol–water partition coefficient (Wildman–Crippen LogP) is 5.28. The smallest absolute Gasteiger partial charge is 0.410 e. The number of hydrogen-bond acceptors (Lipinski definition) is 7. The number of esters is 1. The number of carbonyl (C=O) groups is 3. The summed E-state index contributed by atoms with van der Waals surface area (Å²) in [6.45, 7) is 9.11. The van der Waals surface area contributed by atoms with Gasteiger partial charge in [0.2, 0.25) is 0 Å². The lowest BCUT2D eigenvalue weighted by Crippen LogP contribution is -2.36. The van der Waals surface area contributed by atoms with Gasteiger partial charge in [0, 0.05) is 36.3 Å². The summed E-state index contributed by atoms with van der Waals surface area (Å²) in [6.07, 6.45) is 3.53. The monoisotopic (exact) mass is 604 g/mol. The van der Waals surface area contributed by atoms with Gasteiger partial charge in [-0.3, -0.25) is 4.79 Å². The number of halogens is 1. The van der Waals surface area contributed by atoms with Crippen LogP contribution in [0.3, 0.4) is 0 Å². The van der Waals surface area contributed by atoms with Gasteiger partial charge in [0.25, 0.3) is 5.91 Å². The minimum atomic E-state index is -1.05. The fraction of sp³-hybridized carbons (Fsp3) is 0.455. The van der Waals surface area contributed by atoms with E-state index in [0.717, 1.165) is 25.1 Å². The van der Waals surface area contributed by atoms with Crippen molar-refractivity contribution < 1.29 is 33.0 Å². The number of nitrogens with zero attached hydrogens (tertiary/aromatic N) is 4. The summed E-state index contributed by atoms with van der Waals surface area (Å²) < 4.78 is 34.4. The van der Waals surface area contributed by atoms with Crippen molar-refractivity contribution in [2.45, 2.75) is 77.8 Å². The van der Waals surface area contributed by atoms with Gasteiger partial charge < -0.3 is 28.6 Å². The molecule has 0 aliphatic carbocycles. The van der Waals surface area contributed by atoms with Crippen LogP contribution >= 0.6 is 0 Å². The fourth-order valence-electron chi connectivity index (χ4n) is 6.14. The molecule has 0 saturated carbocycles. The lowest BCUT2D eigenvalue weighted by Gasteiger charge is -2.25. The molecule has 44 heavy (non-hydrogen) atoms. The van der Waals surface area contributed by atoms with Crippen LogP contribution in [0, 0.1) is 5.82 Å². The van der Waals surface area contributed by atoms with Crippen LogP contribution < -0.4 is 4.74 Å². The molecule has 2 atom stereocenters. The molecule has 1 unspecified atom stereocenters. The highest BCUT2D eigenvalue weighted by Gasteiger charge is 2.42. The SMILES string of the molecule is CCOC(=O)C(c1ncn2c1CCC2)N1Cc2c(F)cc(-c3ccc(O[C@@H]4CCN(C(=O)OC(C)(C)C)C4)cc3)cc2C1=O. The summed E-state index contributed by atoms with van der Waals surface area (Å²) in [5.74, 6) is -0.901. The number of benzene rings is 2. The van der Waals surface area contributed by atoms with Crippen molar-refractivity contribution in [1.29, 1.82) is 0 Å². The van der Waals surface area contributed by atoms with E-state index in [4.69, 9.17) is 14.2 Å². The third-order valence-electron chi connectivity index (χ3n) is 8.17. The van der Waals surface area contributed by atoms with Crippen LogP contribution in [0.15, 0.2) is 42.7 Å². The van der Waals surface area contributed by atoms with Crippen LogP contribution in [-0.4, -0.2) is 68.7 Å². The van der Waals surface area contributed by atoms with E-state index in [1.54, 1.807) is 36.4 Å². The number of hydrogen-bond donors (Lipinski definition) is 0. The first-order chi connectivity index (χ1) is 21.0. The lowest BCUT2D eigenvalue weighted by atomic mass is 9.99. The molecule has 0 radical (unpaired) electrons. The van der Waals surface area contributed by atoms with Gasteiger partial charge in [-0.1, -0.05) is 12.1 Å². The highest BCUT2D eigenvalue weighted by molar-refractivity contribution is 6.02. The first-order valence-electron chi connectivity index (χ1n) is 15.1. The number of aryl methyl sites for hydroxylation is 1. The average Bonchev–Trinajstić information content (AvgIpc) is 3.76. The number of rotatable bonds is 7. The summed E-state index contributed by atoms with van der Waals surface area (Å²) in [5, 5.41) is 0. The molecular formula is C33H37FN4O6. The van der Waals surface area contributed by atoms with E-state index >= 15 is 4.39 Å². The molecule has 0 spiro atoms. The first-order valence-corrected chi connectivity index (χ1v) is 15.1. The van der Waals surface area contributed by atoms with Crippen LogP contribution in [0.1, 0.15) is 73.9 Å². The number of likely N-dealkylation sites (tertiary alicyclic amines) is 1. The Labute approximate surface area is 255 Å². The number of imidazole rings is 1. The van der Waals surface area contributed by atoms with Crippen LogP contribution in [0.2, 0.25) is 0 Å². The molecule has 2 aromatic carbocycles. The molecule has 232 valence electrons. The molecule has 3 aliphatic rings. The fourth-order valence-corrected chi connectivity index (χ4v) is 6.14. The molecule has 2 amide bonds. The number of carbonyl (C=O) groups excluding carboxylic acids is 3. The summed E-state index contributed by atoms with van der Waals surface area (Å²) in [7, 11) is 0. The second kappa shape index (κ2) is 11.6. The molecule has 0 bridgehead atoms. The maximum atomic E-state index is 15.5. The van der Waals surface area contributed by atoms with Crippen molar-refractivity contribution in [3.8, 4) is 16.9 Å². The topological polar surface area (TPSA) is 103 Å². The van der Waals surface area contributed by atoms with Crippen LogP contribution in [0.25, 0.3) is 11.1 Å². The molecule has 1 aromatic heterocycles. The van der Waals surface area contributed by atoms with Gasteiger partial charge in [-0.25, -0.2) is 19.0 Å². The standard InChI is InChI=1S/C33H37FN4O6/c1-5-42-31(40)29(28-27-7-6-13-37(27)19-35-28)38-18-25-24(30(38)39)15-21(16-26(25)34)20-8-10-22(11-9-20)43-23-12-14-36(17-23)32(41)44-33(2,3)4/h8-11,15-16,19,23,29H,5-7,12-14,17-18H2,1-4H3/t23-,29?/m1/s1. The molecule has 3 aromatic rings. The Kier molecular flexibility index (Phi) is 7.81. The molecule has 6 rings (SSSR count). The summed E-state index contributed by atoms with van der Waals surface area (Å²) >= 11 is 0. The van der Waals surface area contributed by atoms with Crippen LogP contribution in [-0.2, 0) is 33.8 Å². The van der Waals surface area contributed by atoms with Gasteiger partial charge in [0.1, 0.15) is 23.3 Å². The maximum absolute atomic E-state index is 15.5. The highest BCUT2D eigenvalue weighted by Crippen LogP contribution is 2.38. The Morgan fingerprint density at radius 1 is 1.11 bits per heavy atom. The van der Waals surface area contributed by atoms with Crippen molar-refractivity contribution in [2.24, 2.45) is 0 Å². The largest absolute Gasteiger partial charge is 0.489 e. The Bertz CT molecular complexity index is 1590. The van der Waals surface area contributed by atoms with E-state index in [0.29, 0.717) is 42.1 Å².